The molecule has 0 spiro atoms. The highest BCUT2D eigenvalue weighted by Crippen LogP contribution is 2.24. The summed E-state index contributed by atoms with van der Waals surface area (Å²) in [7, 11) is 0. The van der Waals surface area contributed by atoms with Crippen LogP contribution in [0.15, 0.2) is 0 Å². The molecule has 1 N–H and O–H groups in total. The van der Waals surface area contributed by atoms with Gasteiger partial charge in [-0.05, 0) is 44.2 Å². The molecule has 0 radical (unpaired) electrons. The van der Waals surface area contributed by atoms with Crippen molar-refractivity contribution in [2.75, 3.05) is 19.6 Å². The molecule has 1 atom stereocenters. The molecule has 2 heteroatoms. The third-order valence-corrected chi connectivity index (χ3v) is 4.26. The summed E-state index contributed by atoms with van der Waals surface area (Å²) in [5, 5.41) is 3.58. The van der Waals surface area contributed by atoms with Gasteiger partial charge in [0.2, 0.25) is 0 Å². The van der Waals surface area contributed by atoms with Crippen molar-refractivity contribution in [1.82, 2.24) is 10.2 Å². The third kappa shape index (κ3) is 7.31. The van der Waals surface area contributed by atoms with Crippen LogP contribution in [0.2, 0.25) is 0 Å². The van der Waals surface area contributed by atoms with E-state index < -0.39 is 0 Å². The smallest absolute Gasteiger partial charge is 0.00953 e. The van der Waals surface area contributed by atoms with E-state index in [-0.39, 0.29) is 0 Å². The Bertz CT molecular complexity index is 219. The van der Waals surface area contributed by atoms with E-state index in [1.54, 1.807) is 0 Å². The molecule has 0 heterocycles. The minimum atomic E-state index is 0.609. The lowest BCUT2D eigenvalue weighted by atomic mass is 10.1. The van der Waals surface area contributed by atoms with Gasteiger partial charge in [-0.2, -0.15) is 0 Å². The molecule has 1 rings (SSSR count). The van der Waals surface area contributed by atoms with Gasteiger partial charge in [-0.1, -0.05) is 47.5 Å². The molecular formula is C17H36N2. The third-order valence-electron chi connectivity index (χ3n) is 4.26. The van der Waals surface area contributed by atoms with Crippen LogP contribution < -0.4 is 5.32 Å². The number of rotatable bonds is 9. The summed E-state index contributed by atoms with van der Waals surface area (Å²) >= 11 is 0. The van der Waals surface area contributed by atoms with Gasteiger partial charge in [0, 0.05) is 18.6 Å². The molecule has 19 heavy (non-hydrogen) atoms. The minimum Gasteiger partial charge on any atom is -0.314 e. The van der Waals surface area contributed by atoms with E-state index in [0.717, 1.165) is 24.4 Å². The second-order valence-corrected chi connectivity index (χ2v) is 7.28. The summed E-state index contributed by atoms with van der Waals surface area (Å²) in [5.74, 6) is 1.59. The fourth-order valence-corrected chi connectivity index (χ4v) is 3.02. The highest BCUT2D eigenvalue weighted by atomic mass is 15.2. The van der Waals surface area contributed by atoms with Crippen LogP contribution in [0.1, 0.15) is 66.7 Å². The summed E-state index contributed by atoms with van der Waals surface area (Å²) in [5.41, 5.74) is 0. The van der Waals surface area contributed by atoms with Crippen LogP contribution in [0.25, 0.3) is 0 Å². The quantitative estimate of drug-likeness (QED) is 0.682. The van der Waals surface area contributed by atoms with Crippen LogP contribution in [-0.2, 0) is 0 Å². The summed E-state index contributed by atoms with van der Waals surface area (Å²) in [6, 6.07) is 1.48. The van der Waals surface area contributed by atoms with Crippen molar-refractivity contribution >= 4 is 0 Å². The Balaban J connectivity index is 2.38. The number of hydrogen-bond donors (Lipinski definition) is 1. The summed E-state index contributed by atoms with van der Waals surface area (Å²) in [6.45, 7) is 15.3. The van der Waals surface area contributed by atoms with Gasteiger partial charge >= 0.3 is 0 Å². The molecule has 1 fully saturated rings. The first kappa shape index (κ1) is 17.0. The average molecular weight is 268 g/mol. The minimum absolute atomic E-state index is 0.609. The Hall–Kier alpha value is -0.0800. The van der Waals surface area contributed by atoms with Gasteiger partial charge in [-0.15, -0.1) is 0 Å². The average Bonchev–Trinajstić information content (AvgIpc) is 2.85. The van der Waals surface area contributed by atoms with Gasteiger partial charge in [-0.25, -0.2) is 0 Å². The van der Waals surface area contributed by atoms with Crippen molar-refractivity contribution in [3.05, 3.63) is 0 Å². The molecule has 0 amide bonds. The summed E-state index contributed by atoms with van der Waals surface area (Å²) in [6.07, 6.45) is 7.11. The molecule has 0 aromatic rings. The molecule has 0 aromatic heterocycles. The first-order valence-electron chi connectivity index (χ1n) is 8.46. The van der Waals surface area contributed by atoms with Crippen molar-refractivity contribution < 1.29 is 0 Å². The van der Waals surface area contributed by atoms with E-state index in [2.05, 4.69) is 44.8 Å². The van der Waals surface area contributed by atoms with Crippen LogP contribution in [-0.4, -0.2) is 36.6 Å². The molecule has 1 unspecified atom stereocenters. The zero-order chi connectivity index (χ0) is 14.3. The van der Waals surface area contributed by atoms with Crippen molar-refractivity contribution in [2.24, 2.45) is 11.8 Å². The first-order valence-corrected chi connectivity index (χ1v) is 8.46. The van der Waals surface area contributed by atoms with Gasteiger partial charge in [0.1, 0.15) is 0 Å². The van der Waals surface area contributed by atoms with Crippen molar-refractivity contribution in [2.45, 2.75) is 78.8 Å². The topological polar surface area (TPSA) is 15.3 Å². The Kier molecular flexibility index (Phi) is 8.01. The van der Waals surface area contributed by atoms with Crippen LogP contribution in [0.3, 0.4) is 0 Å². The Morgan fingerprint density at radius 2 is 1.68 bits per heavy atom. The fourth-order valence-electron chi connectivity index (χ4n) is 3.02. The van der Waals surface area contributed by atoms with Crippen molar-refractivity contribution in [1.29, 1.82) is 0 Å². The Labute approximate surface area is 121 Å². The van der Waals surface area contributed by atoms with E-state index in [1.165, 1.54) is 45.2 Å². The SMILES string of the molecule is CC(C)CCN(CC(C)CNC(C)C)C1CCCC1. The molecular weight excluding hydrogens is 232 g/mol. The molecule has 1 aliphatic carbocycles. The lowest BCUT2D eigenvalue weighted by Gasteiger charge is -2.32. The van der Waals surface area contributed by atoms with Gasteiger partial charge < -0.3 is 10.2 Å². The standard InChI is InChI=1S/C17H36N2/c1-14(2)10-11-19(17-8-6-7-9-17)13-16(5)12-18-15(3)4/h14-18H,6-13H2,1-5H3. The molecule has 1 saturated carbocycles. The van der Waals surface area contributed by atoms with E-state index in [1.807, 2.05) is 0 Å². The Morgan fingerprint density at radius 3 is 2.21 bits per heavy atom. The second kappa shape index (κ2) is 8.97. The molecule has 0 aromatic carbocycles. The molecule has 2 nitrogen and oxygen atoms in total. The van der Waals surface area contributed by atoms with E-state index in [0.29, 0.717) is 6.04 Å². The highest BCUT2D eigenvalue weighted by Gasteiger charge is 2.23. The molecule has 0 bridgehead atoms. The monoisotopic (exact) mass is 268 g/mol. The number of nitrogens with zero attached hydrogens (tertiary/aromatic N) is 1. The number of hydrogen-bond acceptors (Lipinski definition) is 2. The van der Waals surface area contributed by atoms with Gasteiger partial charge in [0.25, 0.3) is 0 Å². The van der Waals surface area contributed by atoms with E-state index >= 15 is 0 Å². The molecule has 114 valence electrons. The highest BCUT2D eigenvalue weighted by molar-refractivity contribution is 4.79. The predicted octanol–water partition coefficient (Wildman–Crippen LogP) is 3.91. The zero-order valence-corrected chi connectivity index (χ0v) is 13.9. The van der Waals surface area contributed by atoms with E-state index in [4.69, 9.17) is 0 Å². The van der Waals surface area contributed by atoms with Crippen LogP contribution in [0.4, 0.5) is 0 Å². The first-order chi connectivity index (χ1) is 8.99. The van der Waals surface area contributed by atoms with Gasteiger partial charge in [0.15, 0.2) is 0 Å². The van der Waals surface area contributed by atoms with E-state index in [9.17, 15) is 0 Å². The lowest BCUT2D eigenvalue weighted by molar-refractivity contribution is 0.162. The maximum Gasteiger partial charge on any atom is 0.00953 e. The van der Waals surface area contributed by atoms with Crippen LogP contribution >= 0.6 is 0 Å². The zero-order valence-electron chi connectivity index (χ0n) is 13.9. The lowest BCUT2D eigenvalue weighted by Crippen LogP contribution is -2.41. The maximum absolute atomic E-state index is 3.58. The molecule has 0 aliphatic heterocycles. The van der Waals surface area contributed by atoms with Gasteiger partial charge in [-0.3, -0.25) is 0 Å². The van der Waals surface area contributed by atoms with Crippen molar-refractivity contribution in [3.63, 3.8) is 0 Å². The summed E-state index contributed by atoms with van der Waals surface area (Å²) < 4.78 is 0. The van der Waals surface area contributed by atoms with Gasteiger partial charge in [0.05, 0.1) is 0 Å². The Morgan fingerprint density at radius 1 is 1.05 bits per heavy atom. The van der Waals surface area contributed by atoms with Crippen molar-refractivity contribution in [3.8, 4) is 0 Å². The van der Waals surface area contributed by atoms with Crippen LogP contribution in [0, 0.1) is 11.8 Å². The van der Waals surface area contributed by atoms with Crippen LogP contribution in [0.5, 0.6) is 0 Å². The normalized spacial score (nSPS) is 18.9. The maximum atomic E-state index is 3.58. The molecule has 0 saturated heterocycles. The largest absolute Gasteiger partial charge is 0.314 e. The fraction of sp³-hybridized carbons (Fsp3) is 1.00. The molecule has 1 aliphatic rings. The predicted molar refractivity (Wildman–Crippen MR) is 85.6 cm³/mol. The second-order valence-electron chi connectivity index (χ2n) is 7.28. The number of nitrogens with one attached hydrogen (secondary N) is 1. The summed E-state index contributed by atoms with van der Waals surface area (Å²) in [4.78, 5) is 2.79.